The molecule has 1 aromatic rings. The Bertz CT molecular complexity index is 762. The van der Waals surface area contributed by atoms with Gasteiger partial charge in [-0.05, 0) is 11.6 Å². The molecule has 6 nitrogen and oxygen atoms in total. The van der Waals surface area contributed by atoms with Gasteiger partial charge >= 0.3 is 0 Å². The summed E-state index contributed by atoms with van der Waals surface area (Å²) in [5, 5.41) is 19.5. The molecule has 7 heteroatoms. The normalized spacial score (nSPS) is 34.2. The molecule has 0 aromatic heterocycles. The van der Waals surface area contributed by atoms with E-state index in [2.05, 4.69) is 17.1 Å². The van der Waals surface area contributed by atoms with Crippen molar-refractivity contribution in [1.29, 1.82) is 10.5 Å². The molecular weight excluding hydrogens is 287 g/mol. The summed E-state index contributed by atoms with van der Waals surface area (Å²) in [5.41, 5.74) is 3.16. The first-order valence-electron chi connectivity index (χ1n) is 6.54. The maximum absolute atomic E-state index is 14.2. The molecule has 0 radical (unpaired) electrons. The standard InChI is InChI=1S/C15H13FN4O2/c1-21-15(22-2)14(8-18)11(9-5-3-4-6-10(9)16)13(14,7-17)12(19)20-15/h3-6,11H,1-2H3,(H2,19,20)/t11-,13-,14+/m0/s1. The highest BCUT2D eigenvalue weighted by atomic mass is 19.1. The Morgan fingerprint density at radius 2 is 1.86 bits per heavy atom. The molecule has 1 aromatic carbocycles. The average Bonchev–Trinajstić information content (AvgIpc) is 3.10. The molecule has 1 aliphatic carbocycles. The Morgan fingerprint density at radius 1 is 1.23 bits per heavy atom. The molecule has 0 spiro atoms. The van der Waals surface area contributed by atoms with Gasteiger partial charge in [0.05, 0.1) is 12.1 Å². The van der Waals surface area contributed by atoms with Crippen LogP contribution in [0.2, 0.25) is 0 Å². The Kier molecular flexibility index (Phi) is 2.80. The first-order valence-corrected chi connectivity index (χ1v) is 6.54. The minimum absolute atomic E-state index is 0.0755. The SMILES string of the molecule is COC1(OC)N=C(N)[C@]2(C#N)[C@H](c3ccccc3F)[C@@]12C#N. The number of methoxy groups -OCH3 is 2. The van der Waals surface area contributed by atoms with E-state index in [0.717, 1.165) is 0 Å². The summed E-state index contributed by atoms with van der Waals surface area (Å²) >= 11 is 0. The van der Waals surface area contributed by atoms with Crippen molar-refractivity contribution in [1.82, 2.24) is 0 Å². The number of fused-ring (bicyclic) bond motifs is 1. The van der Waals surface area contributed by atoms with Gasteiger partial charge in [-0.3, -0.25) is 0 Å². The third-order valence-electron chi connectivity index (χ3n) is 4.70. The van der Waals surface area contributed by atoms with Crippen LogP contribution in [0.15, 0.2) is 29.3 Å². The number of hydrogen-bond donors (Lipinski definition) is 1. The van der Waals surface area contributed by atoms with Gasteiger partial charge in [0.15, 0.2) is 5.41 Å². The molecule has 22 heavy (non-hydrogen) atoms. The van der Waals surface area contributed by atoms with E-state index in [1.54, 1.807) is 6.07 Å². The van der Waals surface area contributed by atoms with Crippen molar-refractivity contribution < 1.29 is 13.9 Å². The number of amidine groups is 1. The van der Waals surface area contributed by atoms with E-state index in [4.69, 9.17) is 15.2 Å². The van der Waals surface area contributed by atoms with Gasteiger partial charge in [-0.25, -0.2) is 9.38 Å². The smallest absolute Gasteiger partial charge is 0.292 e. The summed E-state index contributed by atoms with van der Waals surface area (Å²) in [6, 6.07) is 10.1. The molecule has 1 heterocycles. The number of aliphatic imine (C=N–C) groups is 1. The molecule has 1 aliphatic heterocycles. The quantitative estimate of drug-likeness (QED) is 0.846. The number of ether oxygens (including phenoxy) is 2. The van der Waals surface area contributed by atoms with Crippen molar-refractivity contribution in [2.75, 3.05) is 14.2 Å². The lowest BCUT2D eigenvalue weighted by Crippen LogP contribution is -2.41. The summed E-state index contributed by atoms with van der Waals surface area (Å²) < 4.78 is 24.8. The fourth-order valence-corrected chi connectivity index (χ4v) is 3.70. The first kappa shape index (κ1) is 14.5. The van der Waals surface area contributed by atoms with E-state index in [0.29, 0.717) is 0 Å². The summed E-state index contributed by atoms with van der Waals surface area (Å²) in [5.74, 6) is -3.13. The second kappa shape index (κ2) is 4.26. The molecule has 1 saturated carbocycles. The van der Waals surface area contributed by atoms with E-state index in [1.165, 1.54) is 32.4 Å². The van der Waals surface area contributed by atoms with Gasteiger partial charge in [0.1, 0.15) is 17.1 Å². The number of benzene rings is 1. The molecule has 3 rings (SSSR count). The van der Waals surface area contributed by atoms with Gasteiger partial charge in [-0.1, -0.05) is 18.2 Å². The van der Waals surface area contributed by atoms with Gasteiger partial charge in [0.25, 0.3) is 5.91 Å². The van der Waals surface area contributed by atoms with Crippen LogP contribution in [0.3, 0.4) is 0 Å². The van der Waals surface area contributed by atoms with E-state index in [-0.39, 0.29) is 11.4 Å². The zero-order valence-corrected chi connectivity index (χ0v) is 12.0. The van der Waals surface area contributed by atoms with Gasteiger partial charge in [-0.2, -0.15) is 10.5 Å². The van der Waals surface area contributed by atoms with Gasteiger partial charge < -0.3 is 15.2 Å². The summed E-state index contributed by atoms with van der Waals surface area (Å²) in [7, 11) is 2.62. The Balaban J connectivity index is 2.29. The van der Waals surface area contributed by atoms with E-state index in [1.807, 2.05) is 0 Å². The molecule has 0 amide bonds. The van der Waals surface area contributed by atoms with Crippen LogP contribution in [0.5, 0.6) is 0 Å². The van der Waals surface area contributed by atoms with Crippen LogP contribution in [0.1, 0.15) is 11.5 Å². The predicted octanol–water partition coefficient (Wildman–Crippen LogP) is 1.26. The van der Waals surface area contributed by atoms with Crippen molar-refractivity contribution in [2.45, 2.75) is 11.8 Å². The zero-order chi connectivity index (χ0) is 16.2. The highest BCUT2D eigenvalue weighted by Crippen LogP contribution is 2.81. The monoisotopic (exact) mass is 300 g/mol. The van der Waals surface area contributed by atoms with Gasteiger partial charge in [-0.15, -0.1) is 0 Å². The second-order valence-corrected chi connectivity index (χ2v) is 5.28. The van der Waals surface area contributed by atoms with Crippen LogP contribution in [0, 0.1) is 39.3 Å². The summed E-state index contributed by atoms with van der Waals surface area (Å²) in [6.45, 7) is 0. The number of nitrogens with zero attached hydrogens (tertiary/aromatic N) is 3. The number of rotatable bonds is 3. The van der Waals surface area contributed by atoms with E-state index < -0.39 is 28.5 Å². The average molecular weight is 300 g/mol. The Morgan fingerprint density at radius 3 is 2.36 bits per heavy atom. The maximum Gasteiger partial charge on any atom is 0.292 e. The molecule has 0 saturated heterocycles. The Labute approximate surface area is 126 Å². The molecular formula is C15H13FN4O2. The van der Waals surface area contributed by atoms with Crippen LogP contribution in [0.4, 0.5) is 4.39 Å². The van der Waals surface area contributed by atoms with E-state index >= 15 is 0 Å². The zero-order valence-electron chi connectivity index (χ0n) is 12.0. The highest BCUT2D eigenvalue weighted by Gasteiger charge is 2.93. The van der Waals surface area contributed by atoms with Crippen molar-refractivity contribution in [3.63, 3.8) is 0 Å². The Hall–Kier alpha value is -2.48. The van der Waals surface area contributed by atoms with Crippen molar-refractivity contribution in [2.24, 2.45) is 21.6 Å². The number of nitrogens with two attached hydrogens (primary N) is 1. The fourth-order valence-electron chi connectivity index (χ4n) is 3.70. The third kappa shape index (κ3) is 1.19. The molecule has 2 N–H and O–H groups in total. The maximum atomic E-state index is 14.2. The fraction of sp³-hybridized carbons (Fsp3) is 0.400. The van der Waals surface area contributed by atoms with Crippen molar-refractivity contribution in [3.8, 4) is 12.1 Å². The van der Waals surface area contributed by atoms with Crippen molar-refractivity contribution in [3.05, 3.63) is 35.6 Å². The highest BCUT2D eigenvalue weighted by molar-refractivity contribution is 6.00. The minimum atomic E-state index is -1.73. The summed E-state index contributed by atoms with van der Waals surface area (Å²) in [6.07, 6.45) is 0. The molecule has 2 aliphatic rings. The van der Waals surface area contributed by atoms with Crippen LogP contribution < -0.4 is 5.73 Å². The molecule has 0 bridgehead atoms. The molecule has 0 unspecified atom stereocenters. The minimum Gasteiger partial charge on any atom is -0.386 e. The van der Waals surface area contributed by atoms with E-state index in [9.17, 15) is 14.9 Å². The topological polar surface area (TPSA) is 104 Å². The van der Waals surface area contributed by atoms with Crippen LogP contribution in [-0.2, 0) is 9.47 Å². The lowest BCUT2D eigenvalue weighted by atomic mass is 9.93. The number of nitriles is 2. The number of halogens is 1. The molecule has 112 valence electrons. The first-order chi connectivity index (χ1) is 10.5. The number of hydrogen-bond acceptors (Lipinski definition) is 6. The predicted molar refractivity (Wildman–Crippen MR) is 73.6 cm³/mol. The lowest BCUT2D eigenvalue weighted by molar-refractivity contribution is -0.230. The third-order valence-corrected chi connectivity index (χ3v) is 4.70. The lowest BCUT2D eigenvalue weighted by Gasteiger charge is -2.29. The van der Waals surface area contributed by atoms with Crippen LogP contribution >= 0.6 is 0 Å². The van der Waals surface area contributed by atoms with Crippen LogP contribution in [0.25, 0.3) is 0 Å². The molecule has 1 fully saturated rings. The summed E-state index contributed by atoms with van der Waals surface area (Å²) in [4.78, 5) is 4.06. The van der Waals surface area contributed by atoms with Gasteiger partial charge in [0, 0.05) is 20.1 Å². The van der Waals surface area contributed by atoms with Crippen LogP contribution in [-0.4, -0.2) is 26.0 Å². The second-order valence-electron chi connectivity index (χ2n) is 5.28. The largest absolute Gasteiger partial charge is 0.386 e. The van der Waals surface area contributed by atoms with Crippen molar-refractivity contribution >= 4 is 5.84 Å². The molecule has 3 atom stereocenters. The van der Waals surface area contributed by atoms with Gasteiger partial charge in [0.2, 0.25) is 0 Å².